The van der Waals surface area contributed by atoms with E-state index < -0.39 is 139 Å². The van der Waals surface area contributed by atoms with Gasteiger partial charge in [0.15, 0.2) is 0 Å². The molecule has 0 aliphatic rings. The summed E-state index contributed by atoms with van der Waals surface area (Å²) in [4.78, 5) is 19.2. The lowest BCUT2D eigenvalue weighted by molar-refractivity contribution is -0.133. The van der Waals surface area contributed by atoms with Crippen LogP contribution in [-0.2, 0) is 9.59 Å². The monoisotopic (exact) mass is 782 g/mol. The minimum Gasteiger partial charge on any atom is -0.478 e. The molecule has 0 aliphatic carbocycles. The number of aliphatic hydroxyl groups excluding tert-OH is 20. The Balaban J connectivity index is -0.0000000912. The first kappa shape index (κ1) is 64.6. The zero-order valence-electron chi connectivity index (χ0n) is 28.9. The number of carboxylic acid groups (broad SMARTS) is 2. The molecule has 0 radical (unpaired) electrons. The van der Waals surface area contributed by atoms with Gasteiger partial charge in [-0.25, -0.2) is 9.59 Å². The quantitative estimate of drug-likeness (QED) is 0.0609. The van der Waals surface area contributed by atoms with Crippen LogP contribution in [0.1, 0.15) is 13.8 Å². The zero-order valence-corrected chi connectivity index (χ0v) is 28.9. The summed E-state index contributed by atoms with van der Waals surface area (Å²) in [6, 6.07) is 0. The molecule has 0 aliphatic heterocycles. The van der Waals surface area contributed by atoms with Crippen LogP contribution in [0.3, 0.4) is 0 Å². The first-order valence-electron chi connectivity index (χ1n) is 14.6. The summed E-state index contributed by atoms with van der Waals surface area (Å²) in [5.41, 5.74) is 0.352. The van der Waals surface area contributed by atoms with Crippen molar-refractivity contribution in [1.82, 2.24) is 0 Å². The maximum absolute atomic E-state index is 9.60. The summed E-state index contributed by atoms with van der Waals surface area (Å²) >= 11 is 0. The fourth-order valence-electron chi connectivity index (χ4n) is 1.22. The molecular weight excluding hydrogens is 720 g/mol. The fourth-order valence-corrected chi connectivity index (χ4v) is 1.22. The highest BCUT2D eigenvalue weighted by molar-refractivity contribution is 5.85. The van der Waals surface area contributed by atoms with Crippen LogP contribution in [-0.4, -0.2) is 251 Å². The topological polar surface area (TPSA) is 479 Å². The Labute approximate surface area is 299 Å². The van der Waals surface area contributed by atoms with E-state index in [1.54, 1.807) is 0 Å². The van der Waals surface area contributed by atoms with E-state index in [-0.39, 0.29) is 11.1 Å². The summed E-state index contributed by atoms with van der Waals surface area (Å²) in [5, 5.41) is 182. The van der Waals surface area contributed by atoms with Gasteiger partial charge in [0.25, 0.3) is 0 Å². The zero-order chi connectivity index (χ0) is 43.2. The smallest absolute Gasteiger partial charge is 0.330 e. The number of hydrogen-bond donors (Lipinski definition) is 22. The van der Waals surface area contributed by atoms with Crippen molar-refractivity contribution >= 4 is 11.9 Å². The normalized spacial score (nSPS) is 15.6. The summed E-state index contributed by atoms with van der Waals surface area (Å²) in [6.45, 7) is 3.94. The molecular formula is C28H62O24. The van der Waals surface area contributed by atoms with Crippen molar-refractivity contribution in [3.05, 3.63) is 24.3 Å². The molecule has 24 heteroatoms. The molecule has 10 atom stereocenters. The molecule has 0 fully saturated rings. The van der Waals surface area contributed by atoms with Gasteiger partial charge in [0.05, 0.1) is 66.1 Å². The summed E-state index contributed by atoms with van der Waals surface area (Å²) in [6.07, 6.45) is -12.2. The van der Waals surface area contributed by atoms with Gasteiger partial charge in [0, 0.05) is 11.1 Å². The molecule has 0 bridgehead atoms. The molecule has 0 saturated carbocycles. The van der Waals surface area contributed by atoms with Crippen LogP contribution in [0.2, 0.25) is 0 Å². The van der Waals surface area contributed by atoms with Gasteiger partial charge in [0.2, 0.25) is 0 Å². The molecule has 22 N–H and O–H groups in total. The molecule has 0 unspecified atom stereocenters. The van der Waals surface area contributed by atoms with Crippen LogP contribution in [0, 0.1) is 0 Å². The lowest BCUT2D eigenvalue weighted by Crippen LogP contribution is -2.31. The molecule has 0 rings (SSSR count). The van der Waals surface area contributed by atoms with E-state index >= 15 is 0 Å². The van der Waals surface area contributed by atoms with Crippen molar-refractivity contribution in [1.29, 1.82) is 0 Å². The van der Waals surface area contributed by atoms with Crippen molar-refractivity contribution in [2.75, 3.05) is 66.1 Å². The molecule has 0 aromatic rings. The maximum atomic E-state index is 9.60. The van der Waals surface area contributed by atoms with E-state index in [2.05, 4.69) is 13.2 Å². The van der Waals surface area contributed by atoms with Crippen molar-refractivity contribution in [2.45, 2.75) is 74.9 Å². The van der Waals surface area contributed by atoms with Crippen LogP contribution < -0.4 is 0 Å². The second-order valence-corrected chi connectivity index (χ2v) is 9.67. The third kappa shape index (κ3) is 49.7. The highest BCUT2D eigenvalue weighted by Gasteiger charge is 2.14. The van der Waals surface area contributed by atoms with Gasteiger partial charge in [-0.05, 0) is 13.8 Å². The lowest BCUT2D eigenvalue weighted by atomic mass is 10.2. The SMILES string of the molecule is C=C(C)C(=O)O.C=C(C)C(=O)O.OC[C@@H](O)[C@@H](O)CO.OC[C@@H](O)[C@@H](O)CO.OC[C@@H](O)[C@@H](O)CO.OC[C@@H](O)[C@@H](O)CO.OC[C@@H](O)[C@@H](O)CO. The van der Waals surface area contributed by atoms with Crippen LogP contribution in [0.15, 0.2) is 24.3 Å². The molecule has 52 heavy (non-hydrogen) atoms. The molecule has 0 amide bonds. The number of hydrogen-bond acceptors (Lipinski definition) is 22. The van der Waals surface area contributed by atoms with E-state index in [0.717, 1.165) is 0 Å². The van der Waals surface area contributed by atoms with Crippen molar-refractivity contribution in [3.8, 4) is 0 Å². The Kier molecular flexibility index (Phi) is 55.6. The van der Waals surface area contributed by atoms with Gasteiger partial charge < -0.3 is 112 Å². The van der Waals surface area contributed by atoms with Crippen molar-refractivity contribution in [2.24, 2.45) is 0 Å². The average molecular weight is 783 g/mol. The number of carboxylic acids is 2. The highest BCUT2D eigenvalue weighted by atomic mass is 16.4. The number of aliphatic hydroxyl groups is 20. The van der Waals surface area contributed by atoms with Crippen LogP contribution in [0.5, 0.6) is 0 Å². The Morgan fingerprint density at radius 2 is 0.385 bits per heavy atom. The Morgan fingerprint density at radius 1 is 0.327 bits per heavy atom. The third-order valence-corrected chi connectivity index (χ3v) is 4.82. The van der Waals surface area contributed by atoms with Crippen LogP contribution in [0.4, 0.5) is 0 Å². The third-order valence-electron chi connectivity index (χ3n) is 4.82. The predicted molar refractivity (Wildman–Crippen MR) is 176 cm³/mol. The Morgan fingerprint density at radius 3 is 0.404 bits per heavy atom. The number of aliphatic carboxylic acids is 2. The van der Waals surface area contributed by atoms with Gasteiger partial charge in [-0.1, -0.05) is 13.2 Å². The molecule has 0 aromatic carbocycles. The highest BCUT2D eigenvalue weighted by Crippen LogP contribution is 1.91. The van der Waals surface area contributed by atoms with Crippen molar-refractivity contribution < 1.29 is 122 Å². The van der Waals surface area contributed by atoms with Gasteiger partial charge in [-0.2, -0.15) is 0 Å². The number of carbonyl (C=O) groups is 2. The van der Waals surface area contributed by atoms with Gasteiger partial charge >= 0.3 is 11.9 Å². The number of rotatable bonds is 17. The fraction of sp³-hybridized carbons (Fsp3) is 0.786. The van der Waals surface area contributed by atoms with Gasteiger partial charge in [-0.15, -0.1) is 0 Å². The minimum atomic E-state index is -1.22. The average Bonchev–Trinajstić information content (AvgIpc) is 3.15. The van der Waals surface area contributed by atoms with E-state index in [9.17, 15) is 9.59 Å². The summed E-state index contributed by atoms with van der Waals surface area (Å²) in [5.74, 6) is -1.87. The van der Waals surface area contributed by atoms with E-state index in [1.807, 2.05) is 0 Å². The maximum Gasteiger partial charge on any atom is 0.330 e. The molecule has 318 valence electrons. The Bertz CT molecular complexity index is 623. The Hall–Kier alpha value is -2.38. The van der Waals surface area contributed by atoms with E-state index in [4.69, 9.17) is 112 Å². The minimum absolute atomic E-state index is 0.176. The molecule has 0 aromatic heterocycles. The first-order chi connectivity index (χ1) is 23.9. The van der Waals surface area contributed by atoms with Crippen molar-refractivity contribution in [3.63, 3.8) is 0 Å². The summed E-state index contributed by atoms with van der Waals surface area (Å²) in [7, 11) is 0. The predicted octanol–water partition coefficient (Wildman–Crippen LogP) is -10.2. The van der Waals surface area contributed by atoms with E-state index in [1.165, 1.54) is 13.8 Å². The lowest BCUT2D eigenvalue weighted by Gasteiger charge is -2.10. The molecule has 0 spiro atoms. The van der Waals surface area contributed by atoms with E-state index in [0.29, 0.717) is 0 Å². The standard InChI is InChI=1S/5C4H10O4.2C4H6O2/c5*5-1-3(7)4(8)2-6;2*1-3(2)4(5)6/h5*3-8H,1-2H2;2*1H2,2H3,(H,5,6)/t5*3-,4+;;. The molecule has 0 heterocycles. The first-order valence-corrected chi connectivity index (χ1v) is 14.6. The summed E-state index contributed by atoms with van der Waals surface area (Å²) < 4.78 is 0. The van der Waals surface area contributed by atoms with Gasteiger partial charge in [0.1, 0.15) is 61.0 Å². The second-order valence-electron chi connectivity index (χ2n) is 9.67. The van der Waals surface area contributed by atoms with Gasteiger partial charge in [-0.3, -0.25) is 0 Å². The second kappa shape index (κ2) is 44.8. The molecule has 0 saturated heterocycles. The van der Waals surface area contributed by atoms with Crippen LogP contribution in [0.25, 0.3) is 0 Å². The molecule has 24 nitrogen and oxygen atoms in total. The largest absolute Gasteiger partial charge is 0.478 e. The van der Waals surface area contributed by atoms with Crippen LogP contribution >= 0.6 is 0 Å².